The molecule has 0 bridgehead atoms. The molecular formula is C25H25N3O5S. The first-order valence-electron chi connectivity index (χ1n) is 10.7. The van der Waals surface area contributed by atoms with E-state index in [1.807, 2.05) is 13.8 Å². The highest BCUT2D eigenvalue weighted by Gasteiger charge is 2.27. The molecule has 1 aliphatic rings. The number of rotatable bonds is 7. The number of hydrogen-bond donors (Lipinski definition) is 1. The van der Waals surface area contributed by atoms with Gasteiger partial charge in [-0.2, -0.15) is 5.10 Å². The molecule has 1 aliphatic heterocycles. The van der Waals surface area contributed by atoms with Crippen LogP contribution in [0, 0.1) is 13.8 Å². The highest BCUT2D eigenvalue weighted by Crippen LogP contribution is 2.32. The fourth-order valence-electron chi connectivity index (χ4n) is 3.40. The predicted molar refractivity (Wildman–Crippen MR) is 130 cm³/mol. The Hall–Kier alpha value is -3.85. The van der Waals surface area contributed by atoms with Crippen LogP contribution in [0.1, 0.15) is 16.7 Å². The van der Waals surface area contributed by atoms with Gasteiger partial charge in [-0.15, -0.1) is 0 Å². The summed E-state index contributed by atoms with van der Waals surface area (Å²) in [7, 11) is -3.98. The van der Waals surface area contributed by atoms with Crippen LogP contribution < -0.4 is 19.2 Å². The van der Waals surface area contributed by atoms with Gasteiger partial charge in [0.2, 0.25) is 0 Å². The second kappa shape index (κ2) is 9.96. The van der Waals surface area contributed by atoms with Gasteiger partial charge in [0.15, 0.2) is 11.5 Å². The average Bonchev–Trinajstić information content (AvgIpc) is 2.83. The van der Waals surface area contributed by atoms with Gasteiger partial charge in [-0.05, 0) is 50.2 Å². The Labute approximate surface area is 198 Å². The van der Waals surface area contributed by atoms with Crippen molar-refractivity contribution in [3.8, 4) is 11.5 Å². The molecule has 0 saturated carbocycles. The molecule has 0 radical (unpaired) electrons. The first-order chi connectivity index (χ1) is 16.3. The topological polar surface area (TPSA) is 97.3 Å². The summed E-state index contributed by atoms with van der Waals surface area (Å²) >= 11 is 0. The van der Waals surface area contributed by atoms with Crippen LogP contribution in [0.5, 0.6) is 11.5 Å². The van der Waals surface area contributed by atoms with Crippen LogP contribution in [0.25, 0.3) is 0 Å². The maximum absolute atomic E-state index is 13.4. The first kappa shape index (κ1) is 23.3. The van der Waals surface area contributed by atoms with E-state index in [9.17, 15) is 13.2 Å². The van der Waals surface area contributed by atoms with Crippen molar-refractivity contribution in [3.63, 3.8) is 0 Å². The lowest BCUT2D eigenvalue weighted by molar-refractivity contribution is -0.119. The van der Waals surface area contributed by atoms with Gasteiger partial charge in [-0.1, -0.05) is 41.5 Å². The average molecular weight is 480 g/mol. The van der Waals surface area contributed by atoms with Crippen LogP contribution in [-0.2, 0) is 14.8 Å². The maximum Gasteiger partial charge on any atom is 0.264 e. The molecule has 0 fully saturated rings. The van der Waals surface area contributed by atoms with Crippen molar-refractivity contribution in [1.29, 1.82) is 0 Å². The Balaban J connectivity index is 1.54. The third-order valence-electron chi connectivity index (χ3n) is 5.21. The van der Waals surface area contributed by atoms with E-state index in [0.717, 1.165) is 15.4 Å². The second-order valence-corrected chi connectivity index (χ2v) is 9.69. The minimum Gasteiger partial charge on any atom is -0.486 e. The Bertz CT molecular complexity index is 1300. The number of para-hydroxylation sites is 1. The lowest BCUT2D eigenvalue weighted by Gasteiger charge is -2.24. The lowest BCUT2D eigenvalue weighted by Crippen LogP contribution is -2.39. The van der Waals surface area contributed by atoms with Gasteiger partial charge in [0.05, 0.1) is 16.8 Å². The summed E-state index contributed by atoms with van der Waals surface area (Å²) in [6.45, 7) is 4.23. The standard InChI is InChI=1S/C25H25N3O5S/c1-18-6-10-21(11-7-18)28(34(30,31)22-12-8-19(2)9-13-22)17-24(29)27-26-16-20-4-3-5-23-25(20)33-15-14-32-23/h3-13,16H,14-15,17H2,1-2H3,(H,27,29)/b26-16-. The number of aryl methyl sites for hydroxylation is 2. The van der Waals surface area contributed by atoms with Gasteiger partial charge in [0, 0.05) is 5.56 Å². The molecule has 0 saturated heterocycles. The van der Waals surface area contributed by atoms with Crippen molar-refractivity contribution in [2.45, 2.75) is 18.7 Å². The van der Waals surface area contributed by atoms with E-state index in [2.05, 4.69) is 10.5 Å². The molecule has 3 aromatic rings. The molecule has 0 atom stereocenters. The van der Waals surface area contributed by atoms with Crippen LogP contribution in [0.2, 0.25) is 0 Å². The number of fused-ring (bicyclic) bond motifs is 1. The minimum absolute atomic E-state index is 0.100. The molecule has 0 spiro atoms. The van der Waals surface area contributed by atoms with Crippen LogP contribution in [0.3, 0.4) is 0 Å². The van der Waals surface area contributed by atoms with Crippen LogP contribution in [0.15, 0.2) is 76.7 Å². The number of nitrogens with zero attached hydrogens (tertiary/aromatic N) is 2. The van der Waals surface area contributed by atoms with E-state index in [0.29, 0.717) is 36.0 Å². The SMILES string of the molecule is Cc1ccc(N(CC(=O)N/N=C\c2cccc3c2OCCO3)S(=O)(=O)c2ccc(C)cc2)cc1. The summed E-state index contributed by atoms with van der Waals surface area (Å²) in [5, 5.41) is 4.00. The highest BCUT2D eigenvalue weighted by atomic mass is 32.2. The fraction of sp³-hybridized carbons (Fsp3) is 0.200. The third-order valence-corrected chi connectivity index (χ3v) is 7.00. The van der Waals surface area contributed by atoms with E-state index < -0.39 is 22.5 Å². The molecule has 1 heterocycles. The van der Waals surface area contributed by atoms with Crippen molar-refractivity contribution in [1.82, 2.24) is 5.43 Å². The Morgan fingerprint density at radius 3 is 2.32 bits per heavy atom. The zero-order valence-corrected chi connectivity index (χ0v) is 19.7. The lowest BCUT2D eigenvalue weighted by atomic mass is 10.2. The number of sulfonamides is 1. The Morgan fingerprint density at radius 2 is 1.62 bits per heavy atom. The van der Waals surface area contributed by atoms with E-state index >= 15 is 0 Å². The molecule has 8 nitrogen and oxygen atoms in total. The van der Waals surface area contributed by atoms with Gasteiger partial charge in [-0.3, -0.25) is 9.10 Å². The van der Waals surface area contributed by atoms with E-state index in [-0.39, 0.29) is 4.90 Å². The molecule has 0 unspecified atom stereocenters. The quantitative estimate of drug-likeness (QED) is 0.414. The van der Waals surface area contributed by atoms with Crippen molar-refractivity contribution in [2.75, 3.05) is 24.1 Å². The van der Waals surface area contributed by atoms with E-state index in [1.165, 1.54) is 18.3 Å². The molecule has 0 aliphatic carbocycles. The normalized spacial score (nSPS) is 13.0. The van der Waals surface area contributed by atoms with Gasteiger partial charge in [0.25, 0.3) is 15.9 Å². The highest BCUT2D eigenvalue weighted by molar-refractivity contribution is 7.92. The number of benzene rings is 3. The predicted octanol–water partition coefficient (Wildman–Crippen LogP) is 3.42. The Kier molecular flexibility index (Phi) is 6.83. The van der Waals surface area contributed by atoms with E-state index in [1.54, 1.807) is 54.6 Å². The molecular weight excluding hydrogens is 454 g/mol. The monoisotopic (exact) mass is 479 g/mol. The first-order valence-corrected chi connectivity index (χ1v) is 12.2. The third kappa shape index (κ3) is 5.20. The number of amides is 1. The van der Waals surface area contributed by atoms with Crippen molar-refractivity contribution >= 4 is 27.8 Å². The molecule has 176 valence electrons. The van der Waals surface area contributed by atoms with Crippen molar-refractivity contribution < 1.29 is 22.7 Å². The number of anilines is 1. The number of ether oxygens (including phenoxy) is 2. The van der Waals surface area contributed by atoms with Crippen molar-refractivity contribution in [2.24, 2.45) is 5.10 Å². The van der Waals surface area contributed by atoms with Crippen LogP contribution in [0.4, 0.5) is 5.69 Å². The van der Waals surface area contributed by atoms with Gasteiger partial charge in [-0.25, -0.2) is 13.8 Å². The number of carbonyl (C=O) groups excluding carboxylic acids is 1. The summed E-state index contributed by atoms with van der Waals surface area (Å²) in [6.07, 6.45) is 1.44. The summed E-state index contributed by atoms with van der Waals surface area (Å²) in [5.74, 6) is 0.570. The smallest absolute Gasteiger partial charge is 0.264 e. The summed E-state index contributed by atoms with van der Waals surface area (Å²) < 4.78 is 39.0. The molecule has 4 rings (SSSR count). The summed E-state index contributed by atoms with van der Waals surface area (Å²) in [5.41, 5.74) is 5.34. The Morgan fingerprint density at radius 1 is 0.971 bits per heavy atom. The number of carbonyl (C=O) groups is 1. The zero-order chi connectivity index (χ0) is 24.1. The fourth-order valence-corrected chi connectivity index (χ4v) is 4.82. The van der Waals surface area contributed by atoms with Gasteiger partial charge < -0.3 is 9.47 Å². The second-order valence-electron chi connectivity index (χ2n) is 7.82. The molecule has 1 amide bonds. The number of nitrogens with one attached hydrogen (secondary N) is 1. The van der Waals surface area contributed by atoms with Gasteiger partial charge in [0.1, 0.15) is 19.8 Å². The van der Waals surface area contributed by atoms with Gasteiger partial charge >= 0.3 is 0 Å². The summed E-state index contributed by atoms with van der Waals surface area (Å²) in [6, 6.07) is 18.8. The van der Waals surface area contributed by atoms with Crippen LogP contribution >= 0.6 is 0 Å². The van der Waals surface area contributed by atoms with Crippen molar-refractivity contribution in [3.05, 3.63) is 83.4 Å². The largest absolute Gasteiger partial charge is 0.486 e. The minimum atomic E-state index is -3.98. The molecule has 3 aromatic carbocycles. The number of hydrazone groups is 1. The molecule has 34 heavy (non-hydrogen) atoms. The van der Waals surface area contributed by atoms with E-state index in [4.69, 9.17) is 9.47 Å². The zero-order valence-electron chi connectivity index (χ0n) is 18.9. The maximum atomic E-state index is 13.4. The summed E-state index contributed by atoms with van der Waals surface area (Å²) in [4.78, 5) is 12.8. The van der Waals surface area contributed by atoms with Crippen LogP contribution in [-0.4, -0.2) is 40.3 Å². The molecule has 9 heteroatoms. The molecule has 1 N–H and O–H groups in total. The number of hydrogen-bond acceptors (Lipinski definition) is 6. The molecule has 0 aromatic heterocycles.